The maximum absolute atomic E-state index is 4.42. The Labute approximate surface area is 114 Å². The predicted octanol–water partition coefficient (Wildman–Crippen LogP) is 4.46. The van der Waals surface area contributed by atoms with Crippen LogP contribution in [0.1, 0.15) is 0 Å². The molecule has 17 heavy (non-hydrogen) atoms. The molecule has 1 aromatic rings. The summed E-state index contributed by atoms with van der Waals surface area (Å²) >= 11 is 2.40. The Morgan fingerprint density at radius 2 is 1.65 bits per heavy atom. The second kappa shape index (κ2) is 4.45. The van der Waals surface area contributed by atoms with Gasteiger partial charge in [-0.1, -0.05) is 36.4 Å². The predicted molar refractivity (Wildman–Crippen MR) is 79.0 cm³/mol. The first-order chi connectivity index (χ1) is 8.36. The third kappa shape index (κ3) is 1.93. The highest BCUT2D eigenvalue weighted by molar-refractivity contribution is 14.1. The third-order valence-corrected chi connectivity index (χ3v) is 3.95. The van der Waals surface area contributed by atoms with E-state index in [2.05, 4.69) is 70.0 Å². The summed E-state index contributed by atoms with van der Waals surface area (Å²) in [4.78, 5) is 4.42. The Morgan fingerprint density at radius 3 is 2.47 bits per heavy atom. The summed E-state index contributed by atoms with van der Waals surface area (Å²) in [5.41, 5.74) is 4.81. The van der Waals surface area contributed by atoms with Gasteiger partial charge >= 0.3 is 0 Å². The average molecular weight is 331 g/mol. The Kier molecular flexibility index (Phi) is 2.81. The van der Waals surface area contributed by atoms with Crippen LogP contribution in [0, 0.1) is 3.57 Å². The van der Waals surface area contributed by atoms with Crippen LogP contribution in [0.4, 0.5) is 0 Å². The molecule has 0 saturated heterocycles. The molecule has 3 rings (SSSR count). The van der Waals surface area contributed by atoms with Crippen LogP contribution in [-0.4, -0.2) is 4.98 Å². The molecule has 2 aliphatic rings. The SMILES string of the molecule is Ic1c2cccccc-2cc1-c1ccccn1. The minimum absolute atomic E-state index is 1.04. The van der Waals surface area contributed by atoms with E-state index in [1.165, 1.54) is 20.3 Å². The first-order valence-electron chi connectivity index (χ1n) is 5.45. The van der Waals surface area contributed by atoms with E-state index in [9.17, 15) is 0 Å². The quantitative estimate of drug-likeness (QED) is 0.600. The summed E-state index contributed by atoms with van der Waals surface area (Å²) in [5.74, 6) is 0. The maximum Gasteiger partial charge on any atom is 0.0713 e. The molecular formula is C15H10IN. The molecule has 0 saturated carbocycles. The molecule has 0 aromatic carbocycles. The molecule has 0 unspecified atom stereocenters. The fraction of sp³-hybridized carbons (Fsp3) is 0. The van der Waals surface area contributed by atoms with Gasteiger partial charge in [0.25, 0.3) is 0 Å². The number of aromatic nitrogens is 1. The van der Waals surface area contributed by atoms with Gasteiger partial charge in [0.15, 0.2) is 0 Å². The molecule has 0 aliphatic heterocycles. The topological polar surface area (TPSA) is 12.9 Å². The van der Waals surface area contributed by atoms with E-state index >= 15 is 0 Å². The van der Waals surface area contributed by atoms with E-state index in [4.69, 9.17) is 0 Å². The number of nitrogens with zero attached hydrogens (tertiary/aromatic N) is 1. The summed E-state index contributed by atoms with van der Waals surface area (Å²) in [6.07, 6.45) is 1.84. The van der Waals surface area contributed by atoms with Crippen molar-refractivity contribution in [1.29, 1.82) is 0 Å². The number of hydrogen-bond donors (Lipinski definition) is 0. The van der Waals surface area contributed by atoms with Crippen LogP contribution < -0.4 is 0 Å². The van der Waals surface area contributed by atoms with Crippen LogP contribution in [0.15, 0.2) is 60.8 Å². The van der Waals surface area contributed by atoms with Crippen LogP contribution >= 0.6 is 22.6 Å². The Morgan fingerprint density at radius 1 is 0.824 bits per heavy atom. The van der Waals surface area contributed by atoms with Crippen molar-refractivity contribution in [3.63, 3.8) is 0 Å². The number of rotatable bonds is 1. The number of halogens is 1. The Balaban J connectivity index is 2.26. The van der Waals surface area contributed by atoms with E-state index in [-0.39, 0.29) is 0 Å². The zero-order valence-electron chi connectivity index (χ0n) is 9.10. The molecule has 0 radical (unpaired) electrons. The van der Waals surface area contributed by atoms with Crippen molar-refractivity contribution in [3.8, 4) is 22.4 Å². The lowest BCUT2D eigenvalue weighted by Gasteiger charge is -1.97. The van der Waals surface area contributed by atoms with Crippen LogP contribution in [0.25, 0.3) is 22.4 Å². The van der Waals surface area contributed by atoms with Gasteiger partial charge in [-0.25, -0.2) is 0 Å². The minimum atomic E-state index is 1.04. The van der Waals surface area contributed by atoms with Gasteiger partial charge in [0.2, 0.25) is 0 Å². The summed E-state index contributed by atoms with van der Waals surface area (Å²) in [6, 6.07) is 18.7. The highest BCUT2D eigenvalue weighted by atomic mass is 127. The van der Waals surface area contributed by atoms with Gasteiger partial charge < -0.3 is 0 Å². The van der Waals surface area contributed by atoms with E-state index in [0.29, 0.717) is 0 Å². The van der Waals surface area contributed by atoms with Crippen molar-refractivity contribution in [2.75, 3.05) is 0 Å². The summed E-state index contributed by atoms with van der Waals surface area (Å²) < 4.78 is 1.27. The van der Waals surface area contributed by atoms with E-state index in [0.717, 1.165) is 5.69 Å². The van der Waals surface area contributed by atoms with Crippen molar-refractivity contribution >= 4 is 22.6 Å². The van der Waals surface area contributed by atoms with Gasteiger partial charge in [-0.15, -0.1) is 0 Å². The minimum Gasteiger partial charge on any atom is -0.256 e. The van der Waals surface area contributed by atoms with Gasteiger partial charge in [-0.3, -0.25) is 4.98 Å². The molecule has 82 valence electrons. The van der Waals surface area contributed by atoms with Crippen molar-refractivity contribution in [3.05, 3.63) is 64.4 Å². The van der Waals surface area contributed by atoms with E-state index < -0.39 is 0 Å². The molecule has 1 aromatic heterocycles. The van der Waals surface area contributed by atoms with Gasteiger partial charge in [-0.2, -0.15) is 0 Å². The molecule has 1 nitrogen and oxygen atoms in total. The lowest BCUT2D eigenvalue weighted by molar-refractivity contribution is 1.33. The fourth-order valence-electron chi connectivity index (χ4n) is 1.96. The molecule has 0 bridgehead atoms. The molecule has 0 N–H and O–H groups in total. The molecule has 0 amide bonds. The average Bonchev–Trinajstić information content (AvgIpc) is 2.56. The lowest BCUT2D eigenvalue weighted by Crippen LogP contribution is -1.80. The van der Waals surface area contributed by atoms with Crippen LogP contribution in [0.5, 0.6) is 0 Å². The zero-order valence-corrected chi connectivity index (χ0v) is 11.3. The van der Waals surface area contributed by atoms with Gasteiger partial charge in [0.1, 0.15) is 0 Å². The maximum atomic E-state index is 4.42. The Hall–Kier alpha value is -1.42. The normalized spacial score (nSPS) is 10.6. The van der Waals surface area contributed by atoms with Crippen LogP contribution in [0.2, 0.25) is 0 Å². The first kappa shape index (κ1) is 10.7. The first-order valence-corrected chi connectivity index (χ1v) is 6.53. The third-order valence-electron chi connectivity index (χ3n) is 2.79. The van der Waals surface area contributed by atoms with Crippen molar-refractivity contribution in [2.45, 2.75) is 0 Å². The van der Waals surface area contributed by atoms with E-state index in [1.54, 1.807) is 0 Å². The highest BCUT2D eigenvalue weighted by Gasteiger charge is 2.14. The van der Waals surface area contributed by atoms with Gasteiger partial charge in [0, 0.05) is 15.3 Å². The fourth-order valence-corrected chi connectivity index (χ4v) is 2.88. The van der Waals surface area contributed by atoms with Crippen LogP contribution in [0.3, 0.4) is 0 Å². The van der Waals surface area contributed by atoms with Crippen molar-refractivity contribution in [1.82, 2.24) is 4.98 Å². The highest BCUT2D eigenvalue weighted by Crippen LogP contribution is 2.37. The summed E-state index contributed by atoms with van der Waals surface area (Å²) in [5, 5.41) is 0. The summed E-state index contributed by atoms with van der Waals surface area (Å²) in [7, 11) is 0. The lowest BCUT2D eigenvalue weighted by atomic mass is 10.2. The van der Waals surface area contributed by atoms with Crippen molar-refractivity contribution < 1.29 is 0 Å². The molecular weight excluding hydrogens is 321 g/mol. The standard InChI is InChI=1S/C15H10IN/c16-15-12-7-3-1-2-6-11(12)10-13(15)14-8-4-5-9-17-14/h1-10H. The second-order valence-corrected chi connectivity index (χ2v) is 4.95. The largest absolute Gasteiger partial charge is 0.256 e. The monoisotopic (exact) mass is 331 g/mol. The van der Waals surface area contributed by atoms with Gasteiger partial charge in [-0.05, 0) is 51.9 Å². The Bertz CT molecular complexity index is 619. The smallest absolute Gasteiger partial charge is 0.0713 e. The molecule has 0 atom stereocenters. The second-order valence-electron chi connectivity index (χ2n) is 3.87. The number of hydrogen-bond acceptors (Lipinski definition) is 1. The van der Waals surface area contributed by atoms with E-state index in [1.807, 2.05) is 18.3 Å². The number of pyridine rings is 1. The number of fused-ring (bicyclic) bond motifs is 1. The van der Waals surface area contributed by atoms with Crippen LogP contribution in [-0.2, 0) is 0 Å². The summed E-state index contributed by atoms with van der Waals surface area (Å²) in [6.45, 7) is 0. The molecule has 2 heteroatoms. The molecule has 2 aliphatic carbocycles. The molecule has 0 spiro atoms. The molecule has 0 fully saturated rings. The zero-order chi connectivity index (χ0) is 11.7. The molecule has 1 heterocycles. The van der Waals surface area contributed by atoms with Crippen molar-refractivity contribution in [2.24, 2.45) is 0 Å². The van der Waals surface area contributed by atoms with Gasteiger partial charge in [0.05, 0.1) is 5.69 Å².